The molecular weight excluding hydrogens is 204 g/mol. The third kappa shape index (κ3) is 2.87. The summed E-state index contributed by atoms with van der Waals surface area (Å²) in [6.07, 6.45) is -6.15. The molecule has 6 heteroatoms. The molecule has 0 spiro atoms. The molecule has 6 nitrogen and oxygen atoms in total. The van der Waals surface area contributed by atoms with Crippen LogP contribution in [-0.4, -0.2) is 63.8 Å². The average Bonchev–Trinajstić information content (AvgIpc) is 2.18. The van der Waals surface area contributed by atoms with Crippen LogP contribution >= 0.6 is 0 Å². The van der Waals surface area contributed by atoms with Crippen molar-refractivity contribution in [3.8, 4) is 0 Å². The number of rotatable bonds is 3. The zero-order valence-corrected chi connectivity index (χ0v) is 8.78. The van der Waals surface area contributed by atoms with E-state index in [4.69, 9.17) is 14.6 Å². The summed E-state index contributed by atoms with van der Waals surface area (Å²) >= 11 is 0. The maximum atomic E-state index is 9.53. The molecule has 0 aromatic heterocycles. The minimum absolute atomic E-state index is 0.188. The SMILES string of the molecule is CC(C)OC1OC(CO)C(O)[C@@H](O)C1O. The van der Waals surface area contributed by atoms with Gasteiger partial charge in [-0.25, -0.2) is 0 Å². The molecule has 0 aromatic rings. The minimum Gasteiger partial charge on any atom is -0.394 e. The van der Waals surface area contributed by atoms with E-state index in [9.17, 15) is 15.3 Å². The average molecular weight is 222 g/mol. The second-order valence-corrected chi connectivity index (χ2v) is 3.88. The van der Waals surface area contributed by atoms with Gasteiger partial charge in [-0.3, -0.25) is 0 Å². The summed E-state index contributed by atoms with van der Waals surface area (Å²) in [5, 5.41) is 37.3. The maximum Gasteiger partial charge on any atom is 0.186 e. The van der Waals surface area contributed by atoms with Crippen LogP contribution in [0.15, 0.2) is 0 Å². The molecule has 0 saturated carbocycles. The van der Waals surface area contributed by atoms with Crippen LogP contribution in [0.5, 0.6) is 0 Å². The molecule has 0 aliphatic carbocycles. The second kappa shape index (κ2) is 5.20. The van der Waals surface area contributed by atoms with Gasteiger partial charge in [0.05, 0.1) is 12.7 Å². The molecule has 4 unspecified atom stereocenters. The fraction of sp³-hybridized carbons (Fsp3) is 1.00. The Kier molecular flexibility index (Phi) is 4.45. The quantitative estimate of drug-likeness (QED) is 0.450. The number of aliphatic hydroxyl groups is 4. The predicted octanol–water partition coefficient (Wildman–Crippen LogP) is -1.79. The summed E-state index contributed by atoms with van der Waals surface area (Å²) in [4.78, 5) is 0. The van der Waals surface area contributed by atoms with E-state index in [2.05, 4.69) is 0 Å². The van der Waals surface area contributed by atoms with Crippen molar-refractivity contribution < 1.29 is 29.9 Å². The van der Waals surface area contributed by atoms with E-state index >= 15 is 0 Å². The molecule has 1 aliphatic heterocycles. The first kappa shape index (κ1) is 12.8. The molecule has 1 saturated heterocycles. The topological polar surface area (TPSA) is 99.4 Å². The summed E-state index contributed by atoms with van der Waals surface area (Å²) in [6.45, 7) is 3.06. The van der Waals surface area contributed by atoms with Crippen LogP contribution in [0.25, 0.3) is 0 Å². The van der Waals surface area contributed by atoms with Gasteiger partial charge in [-0.05, 0) is 13.8 Å². The van der Waals surface area contributed by atoms with Crippen LogP contribution in [0.1, 0.15) is 13.8 Å². The lowest BCUT2D eigenvalue weighted by Crippen LogP contribution is -2.59. The third-order valence-electron chi connectivity index (χ3n) is 2.25. The summed E-state index contributed by atoms with van der Waals surface area (Å²) in [7, 11) is 0. The fourth-order valence-corrected chi connectivity index (χ4v) is 1.45. The molecule has 0 aromatic carbocycles. The van der Waals surface area contributed by atoms with Gasteiger partial charge in [0.2, 0.25) is 0 Å². The van der Waals surface area contributed by atoms with E-state index in [0.29, 0.717) is 0 Å². The third-order valence-corrected chi connectivity index (χ3v) is 2.25. The van der Waals surface area contributed by atoms with Gasteiger partial charge in [0.25, 0.3) is 0 Å². The first-order chi connectivity index (χ1) is 6.97. The van der Waals surface area contributed by atoms with Crippen LogP contribution in [-0.2, 0) is 9.47 Å². The first-order valence-corrected chi connectivity index (χ1v) is 4.93. The molecular formula is C9H18O6. The van der Waals surface area contributed by atoms with Crippen LogP contribution in [0.3, 0.4) is 0 Å². The molecule has 0 bridgehead atoms. The highest BCUT2D eigenvalue weighted by Gasteiger charge is 2.44. The van der Waals surface area contributed by atoms with E-state index in [1.54, 1.807) is 13.8 Å². The predicted molar refractivity (Wildman–Crippen MR) is 50.0 cm³/mol. The van der Waals surface area contributed by atoms with Crippen molar-refractivity contribution in [2.45, 2.75) is 50.7 Å². The Labute approximate surface area is 88.1 Å². The molecule has 0 radical (unpaired) electrons. The van der Waals surface area contributed by atoms with E-state index in [1.165, 1.54) is 0 Å². The van der Waals surface area contributed by atoms with Gasteiger partial charge in [0, 0.05) is 0 Å². The summed E-state index contributed by atoms with van der Waals surface area (Å²) < 4.78 is 10.3. The molecule has 4 N–H and O–H groups in total. The Morgan fingerprint density at radius 1 is 1.13 bits per heavy atom. The van der Waals surface area contributed by atoms with Crippen molar-refractivity contribution in [2.24, 2.45) is 0 Å². The molecule has 5 atom stereocenters. The number of aliphatic hydroxyl groups excluding tert-OH is 4. The maximum absolute atomic E-state index is 9.53. The molecule has 1 rings (SSSR count). The molecule has 90 valence electrons. The zero-order chi connectivity index (χ0) is 11.6. The van der Waals surface area contributed by atoms with Crippen LogP contribution in [0.2, 0.25) is 0 Å². The Morgan fingerprint density at radius 3 is 2.20 bits per heavy atom. The first-order valence-electron chi connectivity index (χ1n) is 4.93. The van der Waals surface area contributed by atoms with E-state index in [0.717, 1.165) is 0 Å². The fourth-order valence-electron chi connectivity index (χ4n) is 1.45. The van der Waals surface area contributed by atoms with Crippen molar-refractivity contribution in [3.05, 3.63) is 0 Å². The number of hydrogen-bond acceptors (Lipinski definition) is 6. The molecule has 1 heterocycles. The highest BCUT2D eigenvalue weighted by molar-refractivity contribution is 4.88. The monoisotopic (exact) mass is 222 g/mol. The van der Waals surface area contributed by atoms with Gasteiger partial charge in [-0.1, -0.05) is 0 Å². The normalized spacial score (nSPS) is 42.2. The molecule has 1 aliphatic rings. The summed E-state index contributed by atoms with van der Waals surface area (Å²) in [5.74, 6) is 0. The van der Waals surface area contributed by atoms with Crippen LogP contribution in [0.4, 0.5) is 0 Å². The van der Waals surface area contributed by atoms with E-state index in [1.807, 2.05) is 0 Å². The second-order valence-electron chi connectivity index (χ2n) is 3.88. The Balaban J connectivity index is 2.65. The minimum atomic E-state index is -1.38. The van der Waals surface area contributed by atoms with Gasteiger partial charge < -0.3 is 29.9 Å². The van der Waals surface area contributed by atoms with Gasteiger partial charge >= 0.3 is 0 Å². The molecule has 0 amide bonds. The van der Waals surface area contributed by atoms with Crippen LogP contribution in [0, 0.1) is 0 Å². The zero-order valence-electron chi connectivity index (χ0n) is 8.78. The Bertz CT molecular complexity index is 195. The van der Waals surface area contributed by atoms with Gasteiger partial charge in [-0.15, -0.1) is 0 Å². The van der Waals surface area contributed by atoms with Crippen molar-refractivity contribution in [3.63, 3.8) is 0 Å². The Morgan fingerprint density at radius 2 is 1.73 bits per heavy atom. The smallest absolute Gasteiger partial charge is 0.186 e. The highest BCUT2D eigenvalue weighted by Crippen LogP contribution is 2.22. The van der Waals surface area contributed by atoms with Crippen molar-refractivity contribution in [2.75, 3.05) is 6.61 Å². The molecule has 15 heavy (non-hydrogen) atoms. The molecule has 1 fully saturated rings. The number of ether oxygens (including phenoxy) is 2. The van der Waals surface area contributed by atoms with Crippen LogP contribution < -0.4 is 0 Å². The lowest BCUT2D eigenvalue weighted by molar-refractivity contribution is -0.308. The van der Waals surface area contributed by atoms with Crippen molar-refractivity contribution in [1.82, 2.24) is 0 Å². The highest BCUT2D eigenvalue weighted by atomic mass is 16.7. The standard InChI is InChI=1S/C9H18O6/c1-4(2)14-9-8(13)7(12)6(11)5(3-10)15-9/h4-13H,3H2,1-2H3/t5?,6?,7-,8?,9?/m1/s1. The van der Waals surface area contributed by atoms with Gasteiger partial charge in [0.1, 0.15) is 24.4 Å². The van der Waals surface area contributed by atoms with Gasteiger partial charge in [-0.2, -0.15) is 0 Å². The lowest BCUT2D eigenvalue weighted by atomic mass is 9.99. The summed E-state index contributed by atoms with van der Waals surface area (Å²) in [6, 6.07) is 0. The van der Waals surface area contributed by atoms with Crippen molar-refractivity contribution in [1.29, 1.82) is 0 Å². The van der Waals surface area contributed by atoms with E-state index < -0.39 is 37.3 Å². The van der Waals surface area contributed by atoms with Gasteiger partial charge in [0.15, 0.2) is 6.29 Å². The number of hydrogen-bond donors (Lipinski definition) is 4. The van der Waals surface area contributed by atoms with E-state index in [-0.39, 0.29) is 6.10 Å². The lowest BCUT2D eigenvalue weighted by Gasteiger charge is -2.40. The van der Waals surface area contributed by atoms with Crippen molar-refractivity contribution >= 4 is 0 Å². The Hall–Kier alpha value is -0.240. The largest absolute Gasteiger partial charge is 0.394 e. The summed E-state index contributed by atoms with van der Waals surface area (Å²) in [5.41, 5.74) is 0.